The fraction of sp³-hybridized carbons (Fsp3) is 0.750. The fourth-order valence-electron chi connectivity index (χ4n) is 1.42. The Bertz CT molecular complexity index is 217. The van der Waals surface area contributed by atoms with Crippen molar-refractivity contribution in [1.29, 1.82) is 0 Å². The third-order valence-electron chi connectivity index (χ3n) is 2.00. The third-order valence-corrected chi connectivity index (χ3v) is 2.00. The predicted molar refractivity (Wildman–Crippen MR) is 46.4 cm³/mol. The Morgan fingerprint density at radius 2 is 2.46 bits per heavy atom. The molecule has 1 rings (SSSR count). The molecule has 0 aromatic heterocycles. The van der Waals surface area contributed by atoms with Crippen LogP contribution in [0.2, 0.25) is 0 Å². The first kappa shape index (κ1) is 9.83. The minimum Gasteiger partial charge on any atom is -0.481 e. The Balaban J connectivity index is 2.30. The maximum atomic E-state index is 11.1. The second kappa shape index (κ2) is 4.11. The number of carbonyl (C=O) groups is 2. The van der Waals surface area contributed by atoms with Crippen molar-refractivity contribution in [3.05, 3.63) is 0 Å². The lowest BCUT2D eigenvalue weighted by atomic mass is 10.1. The highest BCUT2D eigenvalue weighted by atomic mass is 16.4. The first-order valence-electron chi connectivity index (χ1n) is 4.34. The molecule has 0 aromatic carbocycles. The Labute approximate surface area is 76.7 Å². The van der Waals surface area contributed by atoms with Gasteiger partial charge in [0.15, 0.2) is 0 Å². The van der Waals surface area contributed by atoms with E-state index in [0.717, 1.165) is 0 Å². The van der Waals surface area contributed by atoms with Gasteiger partial charge in [-0.25, -0.2) is 4.79 Å². The summed E-state index contributed by atoms with van der Waals surface area (Å²) < 4.78 is 0. The molecular formula is C8H14N2O3. The number of hydrogen-bond donors (Lipinski definition) is 2. The maximum absolute atomic E-state index is 11.1. The zero-order chi connectivity index (χ0) is 9.84. The number of carbonyl (C=O) groups excluding carboxylic acids is 1. The lowest BCUT2D eigenvalue weighted by molar-refractivity contribution is -0.138. The van der Waals surface area contributed by atoms with Gasteiger partial charge in [0.05, 0.1) is 0 Å². The molecule has 1 unspecified atom stereocenters. The highest BCUT2D eigenvalue weighted by Crippen LogP contribution is 2.07. The largest absolute Gasteiger partial charge is 0.481 e. The van der Waals surface area contributed by atoms with Gasteiger partial charge >= 0.3 is 12.0 Å². The molecular weight excluding hydrogens is 172 g/mol. The fourth-order valence-corrected chi connectivity index (χ4v) is 1.42. The summed E-state index contributed by atoms with van der Waals surface area (Å²) in [5.41, 5.74) is 0. The van der Waals surface area contributed by atoms with Crippen LogP contribution in [0.25, 0.3) is 0 Å². The first-order valence-corrected chi connectivity index (χ1v) is 4.34. The van der Waals surface area contributed by atoms with Crippen LogP contribution in [0.1, 0.15) is 13.3 Å². The van der Waals surface area contributed by atoms with Crippen molar-refractivity contribution in [2.24, 2.45) is 5.92 Å². The van der Waals surface area contributed by atoms with Crippen molar-refractivity contribution in [3.8, 4) is 0 Å². The highest BCUT2D eigenvalue weighted by Gasteiger charge is 2.21. The van der Waals surface area contributed by atoms with E-state index in [1.54, 1.807) is 4.90 Å². The smallest absolute Gasteiger partial charge is 0.317 e. The molecule has 0 saturated carbocycles. The van der Waals surface area contributed by atoms with Gasteiger partial charge in [-0.15, -0.1) is 0 Å². The highest BCUT2D eigenvalue weighted by molar-refractivity contribution is 5.76. The van der Waals surface area contributed by atoms with Crippen LogP contribution in [0, 0.1) is 5.92 Å². The van der Waals surface area contributed by atoms with Crippen LogP contribution in [-0.4, -0.2) is 41.6 Å². The number of nitrogens with zero attached hydrogens (tertiary/aromatic N) is 1. The van der Waals surface area contributed by atoms with E-state index in [4.69, 9.17) is 5.11 Å². The summed E-state index contributed by atoms with van der Waals surface area (Å²) in [5, 5.41) is 11.2. The van der Waals surface area contributed by atoms with E-state index in [1.165, 1.54) is 0 Å². The van der Waals surface area contributed by atoms with Gasteiger partial charge in [0.2, 0.25) is 0 Å². The number of aliphatic carboxylic acids is 1. The van der Waals surface area contributed by atoms with E-state index in [1.807, 2.05) is 6.92 Å². The van der Waals surface area contributed by atoms with Gasteiger partial charge in [-0.05, 0) is 5.92 Å². The monoisotopic (exact) mass is 186 g/mol. The molecule has 1 saturated heterocycles. The van der Waals surface area contributed by atoms with E-state index in [-0.39, 0.29) is 18.4 Å². The lowest BCUT2D eigenvalue weighted by Crippen LogP contribution is -2.32. The molecule has 1 aliphatic rings. The molecule has 1 atom stereocenters. The molecule has 2 amide bonds. The van der Waals surface area contributed by atoms with E-state index < -0.39 is 5.97 Å². The van der Waals surface area contributed by atoms with Crippen LogP contribution in [0.15, 0.2) is 0 Å². The van der Waals surface area contributed by atoms with Gasteiger partial charge in [0.1, 0.15) is 0 Å². The van der Waals surface area contributed by atoms with Gasteiger partial charge in [-0.1, -0.05) is 6.92 Å². The van der Waals surface area contributed by atoms with E-state index in [9.17, 15) is 9.59 Å². The molecule has 1 aliphatic heterocycles. The van der Waals surface area contributed by atoms with Crippen molar-refractivity contribution >= 4 is 12.0 Å². The van der Waals surface area contributed by atoms with Gasteiger partial charge in [0, 0.05) is 26.1 Å². The van der Waals surface area contributed by atoms with Gasteiger partial charge in [-0.2, -0.15) is 0 Å². The summed E-state index contributed by atoms with van der Waals surface area (Å²) in [6.07, 6.45) is 0.115. The molecule has 0 bridgehead atoms. The van der Waals surface area contributed by atoms with Crippen molar-refractivity contribution in [2.45, 2.75) is 13.3 Å². The van der Waals surface area contributed by atoms with Gasteiger partial charge in [-0.3, -0.25) is 4.79 Å². The third kappa shape index (κ3) is 2.93. The molecule has 2 N–H and O–H groups in total. The Hall–Kier alpha value is -1.26. The maximum Gasteiger partial charge on any atom is 0.317 e. The molecule has 1 heterocycles. The number of nitrogens with one attached hydrogen (secondary N) is 1. The van der Waals surface area contributed by atoms with Crippen LogP contribution in [0.4, 0.5) is 4.79 Å². The number of carboxylic acids is 1. The topological polar surface area (TPSA) is 69.6 Å². The van der Waals surface area contributed by atoms with Crippen molar-refractivity contribution in [2.75, 3.05) is 19.6 Å². The first-order chi connectivity index (χ1) is 6.09. The van der Waals surface area contributed by atoms with Crippen molar-refractivity contribution in [3.63, 3.8) is 0 Å². The summed E-state index contributed by atoms with van der Waals surface area (Å²) in [6.45, 7) is 3.71. The van der Waals surface area contributed by atoms with Gasteiger partial charge in [0.25, 0.3) is 0 Å². The van der Waals surface area contributed by atoms with Crippen molar-refractivity contribution in [1.82, 2.24) is 10.2 Å². The summed E-state index contributed by atoms with van der Waals surface area (Å²) in [4.78, 5) is 23.1. The molecule has 0 aliphatic carbocycles. The minimum atomic E-state index is -0.813. The molecule has 0 radical (unpaired) electrons. The van der Waals surface area contributed by atoms with Crippen molar-refractivity contribution < 1.29 is 14.7 Å². The normalized spacial score (nSPS) is 18.5. The molecule has 5 heteroatoms. The second-order valence-corrected chi connectivity index (χ2v) is 3.38. The average Bonchev–Trinajstić information content (AvgIpc) is 2.34. The number of carboxylic acid groups (broad SMARTS) is 1. The summed E-state index contributed by atoms with van der Waals surface area (Å²) in [6, 6.07) is -0.0859. The second-order valence-electron chi connectivity index (χ2n) is 3.38. The molecule has 0 spiro atoms. The van der Waals surface area contributed by atoms with Crippen LogP contribution >= 0.6 is 0 Å². The van der Waals surface area contributed by atoms with Crippen LogP contribution in [0.3, 0.4) is 0 Å². The predicted octanol–water partition coefficient (Wildman–Crippen LogP) is 0.122. The quantitative estimate of drug-likeness (QED) is 0.655. The summed E-state index contributed by atoms with van der Waals surface area (Å²) in [7, 11) is 0. The summed E-state index contributed by atoms with van der Waals surface area (Å²) >= 11 is 0. The molecule has 0 aromatic rings. The summed E-state index contributed by atoms with van der Waals surface area (Å²) in [5.74, 6) is -0.798. The minimum absolute atomic E-state index is 0.0151. The Kier molecular flexibility index (Phi) is 3.11. The number of amides is 2. The van der Waals surface area contributed by atoms with Crippen LogP contribution in [-0.2, 0) is 4.79 Å². The Morgan fingerprint density at radius 3 is 2.92 bits per heavy atom. The lowest BCUT2D eigenvalue weighted by Gasteiger charge is -2.17. The average molecular weight is 186 g/mol. The number of rotatable bonds is 4. The molecule has 1 fully saturated rings. The zero-order valence-electron chi connectivity index (χ0n) is 7.62. The van der Waals surface area contributed by atoms with Crippen LogP contribution in [0.5, 0.6) is 0 Å². The molecule has 5 nitrogen and oxygen atoms in total. The molecule has 13 heavy (non-hydrogen) atoms. The number of urea groups is 1. The zero-order valence-corrected chi connectivity index (χ0v) is 7.62. The molecule has 74 valence electrons. The van der Waals surface area contributed by atoms with Gasteiger partial charge < -0.3 is 15.3 Å². The standard InChI is InChI=1S/C8H14N2O3/c1-6(4-7(11)12)5-10-3-2-9-8(10)13/h6H,2-5H2,1H3,(H,9,13)(H,11,12). The van der Waals surface area contributed by atoms with Crippen LogP contribution < -0.4 is 5.32 Å². The van der Waals surface area contributed by atoms with E-state index in [2.05, 4.69) is 5.32 Å². The SMILES string of the molecule is CC(CC(=O)O)CN1CCNC1=O. The number of hydrogen-bond acceptors (Lipinski definition) is 2. The Morgan fingerprint density at radius 1 is 1.77 bits per heavy atom. The van der Waals surface area contributed by atoms with E-state index >= 15 is 0 Å². The van der Waals surface area contributed by atoms with E-state index in [0.29, 0.717) is 19.6 Å².